The zero-order valence-corrected chi connectivity index (χ0v) is 16.6. The van der Waals surface area contributed by atoms with Crippen LogP contribution in [0.3, 0.4) is 0 Å². The monoisotopic (exact) mass is 404 g/mol. The summed E-state index contributed by atoms with van der Waals surface area (Å²) in [6.45, 7) is 2.25. The highest BCUT2D eigenvalue weighted by Crippen LogP contribution is 2.24. The summed E-state index contributed by atoms with van der Waals surface area (Å²) >= 11 is 0. The van der Waals surface area contributed by atoms with E-state index in [0.717, 1.165) is 37.0 Å². The third-order valence-corrected chi connectivity index (χ3v) is 6.65. The van der Waals surface area contributed by atoms with E-state index in [2.05, 4.69) is 17.0 Å². The van der Waals surface area contributed by atoms with Crippen LogP contribution in [0.1, 0.15) is 48.5 Å². The van der Waals surface area contributed by atoms with Gasteiger partial charge >= 0.3 is 0 Å². The predicted molar refractivity (Wildman–Crippen MR) is 106 cm³/mol. The Morgan fingerprint density at radius 3 is 2.32 bits per heavy atom. The molecule has 2 aromatic carbocycles. The minimum absolute atomic E-state index is 0.00602. The molecule has 5 nitrogen and oxygen atoms in total. The van der Waals surface area contributed by atoms with Gasteiger partial charge in [-0.2, -0.15) is 0 Å². The number of rotatable bonds is 6. The first-order chi connectivity index (χ1) is 13.3. The number of sulfonamides is 1. The second-order valence-corrected chi connectivity index (χ2v) is 9.08. The SMILES string of the molecule is C[C@H]1CCCC[C@H]1NC(=O)c1ccc(CNS(=O)(=O)c2ccc(F)cc2)cc1. The Kier molecular flexibility index (Phi) is 6.46. The summed E-state index contributed by atoms with van der Waals surface area (Å²) in [7, 11) is -3.72. The van der Waals surface area contributed by atoms with Crippen molar-refractivity contribution in [2.75, 3.05) is 0 Å². The molecule has 0 heterocycles. The van der Waals surface area contributed by atoms with Crippen LogP contribution in [0.2, 0.25) is 0 Å². The molecule has 7 heteroatoms. The average Bonchev–Trinajstić information content (AvgIpc) is 2.69. The molecule has 1 saturated carbocycles. The van der Waals surface area contributed by atoms with E-state index in [1.165, 1.54) is 18.6 Å². The number of benzene rings is 2. The summed E-state index contributed by atoms with van der Waals surface area (Å²) in [6, 6.07) is 11.7. The van der Waals surface area contributed by atoms with Crippen molar-refractivity contribution in [3.8, 4) is 0 Å². The Labute approximate surface area is 165 Å². The molecular formula is C21H25FN2O3S. The standard InChI is InChI=1S/C21H25FN2O3S/c1-15-4-2-3-5-20(15)24-21(25)17-8-6-16(7-9-17)14-23-28(26,27)19-12-10-18(22)11-13-19/h6-13,15,20,23H,2-5,14H2,1H3,(H,24,25)/t15-,20+/m0/s1. The van der Waals surface area contributed by atoms with Crippen LogP contribution in [0.25, 0.3) is 0 Å². The number of carbonyl (C=O) groups excluding carboxylic acids is 1. The largest absolute Gasteiger partial charge is 0.349 e. The predicted octanol–water partition coefficient (Wildman–Crippen LogP) is 3.61. The minimum Gasteiger partial charge on any atom is -0.349 e. The third kappa shape index (κ3) is 5.17. The Morgan fingerprint density at radius 1 is 1.04 bits per heavy atom. The molecular weight excluding hydrogens is 379 g/mol. The van der Waals surface area contributed by atoms with E-state index in [1.54, 1.807) is 24.3 Å². The number of nitrogens with one attached hydrogen (secondary N) is 2. The van der Waals surface area contributed by atoms with Gasteiger partial charge in [-0.1, -0.05) is 31.9 Å². The van der Waals surface area contributed by atoms with Crippen LogP contribution in [-0.4, -0.2) is 20.4 Å². The van der Waals surface area contributed by atoms with Crippen LogP contribution in [0.15, 0.2) is 53.4 Å². The van der Waals surface area contributed by atoms with Gasteiger partial charge in [0.25, 0.3) is 5.91 Å². The second kappa shape index (κ2) is 8.84. The first-order valence-corrected chi connectivity index (χ1v) is 11.0. The molecule has 1 amide bonds. The summed E-state index contributed by atoms with van der Waals surface area (Å²) in [5.74, 6) is -0.106. The maximum atomic E-state index is 13.0. The molecule has 1 aliphatic rings. The van der Waals surface area contributed by atoms with Gasteiger partial charge in [0.2, 0.25) is 10.0 Å². The maximum Gasteiger partial charge on any atom is 0.251 e. The van der Waals surface area contributed by atoms with Crippen molar-refractivity contribution in [2.24, 2.45) is 5.92 Å². The number of carbonyl (C=O) groups is 1. The summed E-state index contributed by atoms with van der Waals surface area (Å²) in [4.78, 5) is 12.5. The molecule has 0 saturated heterocycles. The first-order valence-electron chi connectivity index (χ1n) is 9.50. The lowest BCUT2D eigenvalue weighted by molar-refractivity contribution is 0.0910. The molecule has 1 fully saturated rings. The van der Waals surface area contributed by atoms with Crippen molar-refractivity contribution in [1.29, 1.82) is 0 Å². The number of hydrogen-bond donors (Lipinski definition) is 2. The lowest BCUT2D eigenvalue weighted by Crippen LogP contribution is -2.41. The second-order valence-electron chi connectivity index (χ2n) is 7.32. The summed E-state index contributed by atoms with van der Waals surface area (Å²) in [5.41, 5.74) is 1.29. The van der Waals surface area contributed by atoms with Crippen molar-refractivity contribution >= 4 is 15.9 Å². The Bertz CT molecular complexity index is 912. The number of halogens is 1. The molecule has 0 aromatic heterocycles. The van der Waals surface area contributed by atoms with Crippen molar-refractivity contribution in [3.63, 3.8) is 0 Å². The zero-order chi connectivity index (χ0) is 20.1. The van der Waals surface area contributed by atoms with Gasteiger partial charge in [-0.05, 0) is 60.7 Å². The molecule has 2 aromatic rings. The normalized spacial score (nSPS) is 19.9. The van der Waals surface area contributed by atoms with Gasteiger partial charge in [0.05, 0.1) is 4.90 Å². The summed E-state index contributed by atoms with van der Waals surface area (Å²) in [5, 5.41) is 3.11. The Hall–Kier alpha value is -2.25. The van der Waals surface area contributed by atoms with Gasteiger partial charge in [-0.15, -0.1) is 0 Å². The fourth-order valence-corrected chi connectivity index (χ4v) is 4.45. The van der Waals surface area contributed by atoms with Crippen molar-refractivity contribution in [2.45, 2.75) is 50.1 Å². The third-order valence-electron chi connectivity index (χ3n) is 5.23. The van der Waals surface area contributed by atoms with Crippen LogP contribution in [0, 0.1) is 11.7 Å². The molecule has 0 aliphatic heterocycles. The van der Waals surface area contributed by atoms with Crippen molar-refractivity contribution in [1.82, 2.24) is 10.0 Å². The number of hydrogen-bond acceptors (Lipinski definition) is 3. The number of amides is 1. The molecule has 2 atom stereocenters. The van der Waals surface area contributed by atoms with Crippen LogP contribution in [-0.2, 0) is 16.6 Å². The average molecular weight is 405 g/mol. The summed E-state index contributed by atoms with van der Waals surface area (Å²) in [6.07, 6.45) is 4.51. The highest BCUT2D eigenvalue weighted by molar-refractivity contribution is 7.89. The van der Waals surface area contributed by atoms with E-state index >= 15 is 0 Å². The zero-order valence-electron chi connectivity index (χ0n) is 15.8. The van der Waals surface area contributed by atoms with Gasteiger partial charge in [0.1, 0.15) is 5.82 Å². The molecule has 1 aliphatic carbocycles. The van der Waals surface area contributed by atoms with E-state index in [0.29, 0.717) is 11.5 Å². The Morgan fingerprint density at radius 2 is 1.68 bits per heavy atom. The van der Waals surface area contributed by atoms with Gasteiger partial charge in [-0.3, -0.25) is 4.79 Å². The van der Waals surface area contributed by atoms with Crippen LogP contribution in [0.4, 0.5) is 4.39 Å². The molecule has 0 spiro atoms. The lowest BCUT2D eigenvalue weighted by atomic mass is 9.86. The van der Waals surface area contributed by atoms with Crippen molar-refractivity contribution in [3.05, 3.63) is 65.5 Å². The van der Waals surface area contributed by atoms with E-state index in [9.17, 15) is 17.6 Å². The first kappa shape index (κ1) is 20.5. The minimum atomic E-state index is -3.72. The maximum absolute atomic E-state index is 13.0. The van der Waals surface area contributed by atoms with E-state index in [4.69, 9.17) is 0 Å². The molecule has 0 bridgehead atoms. The smallest absolute Gasteiger partial charge is 0.251 e. The topological polar surface area (TPSA) is 75.3 Å². The molecule has 3 rings (SSSR count). The quantitative estimate of drug-likeness (QED) is 0.772. The van der Waals surface area contributed by atoms with Crippen molar-refractivity contribution < 1.29 is 17.6 Å². The molecule has 0 unspecified atom stereocenters. The fraction of sp³-hybridized carbons (Fsp3) is 0.381. The van der Waals surface area contributed by atoms with Crippen LogP contribution >= 0.6 is 0 Å². The Balaban J connectivity index is 1.58. The van der Waals surface area contributed by atoms with E-state index in [1.807, 2.05) is 0 Å². The van der Waals surface area contributed by atoms with E-state index < -0.39 is 15.8 Å². The van der Waals surface area contributed by atoms with Gasteiger partial charge < -0.3 is 5.32 Å². The highest BCUT2D eigenvalue weighted by Gasteiger charge is 2.23. The molecule has 0 radical (unpaired) electrons. The lowest BCUT2D eigenvalue weighted by Gasteiger charge is -2.29. The van der Waals surface area contributed by atoms with E-state index in [-0.39, 0.29) is 23.4 Å². The van der Waals surface area contributed by atoms with Gasteiger partial charge in [0, 0.05) is 18.2 Å². The van der Waals surface area contributed by atoms with Gasteiger partial charge in [-0.25, -0.2) is 17.5 Å². The fourth-order valence-electron chi connectivity index (χ4n) is 3.43. The van der Waals surface area contributed by atoms with Gasteiger partial charge in [0.15, 0.2) is 0 Å². The highest BCUT2D eigenvalue weighted by atomic mass is 32.2. The van der Waals surface area contributed by atoms with Crippen LogP contribution in [0.5, 0.6) is 0 Å². The molecule has 2 N–H and O–H groups in total. The van der Waals surface area contributed by atoms with Crippen LogP contribution < -0.4 is 10.0 Å². The molecule has 28 heavy (non-hydrogen) atoms. The summed E-state index contributed by atoms with van der Waals surface area (Å²) < 4.78 is 39.9. The molecule has 150 valence electrons.